The Kier molecular flexibility index (Phi) is 9.05. The minimum absolute atomic E-state index is 0.150. The van der Waals surface area contributed by atoms with Gasteiger partial charge in [0.2, 0.25) is 4.21 Å². The zero-order valence-corrected chi connectivity index (χ0v) is 20.9. The third-order valence-electron chi connectivity index (χ3n) is 6.26. The van der Waals surface area contributed by atoms with Crippen molar-refractivity contribution in [2.75, 3.05) is 46.4 Å². The fourth-order valence-electron chi connectivity index (χ4n) is 4.36. The van der Waals surface area contributed by atoms with Crippen LogP contribution in [0.2, 0.25) is 0 Å². The molecule has 0 aliphatic carbocycles. The van der Waals surface area contributed by atoms with Crippen LogP contribution in [-0.2, 0) is 17.9 Å². The summed E-state index contributed by atoms with van der Waals surface area (Å²) in [5, 5.41) is 6.59. The maximum absolute atomic E-state index is 13.1. The molecule has 2 aliphatic rings. The number of likely N-dealkylation sites (tertiary alicyclic amines) is 1. The molecular formula is C24H34N4O3S2. The Morgan fingerprint density at radius 3 is 2.88 bits per heavy atom. The summed E-state index contributed by atoms with van der Waals surface area (Å²) in [6.07, 6.45) is 5.04. The number of piperidine rings is 1. The molecule has 33 heavy (non-hydrogen) atoms. The highest BCUT2D eigenvalue weighted by molar-refractivity contribution is 7.91. The van der Waals surface area contributed by atoms with Gasteiger partial charge in [0.15, 0.2) is 0 Å². The van der Waals surface area contributed by atoms with E-state index in [-0.39, 0.29) is 5.91 Å². The lowest BCUT2D eigenvalue weighted by molar-refractivity contribution is 0.0951. The van der Waals surface area contributed by atoms with Crippen LogP contribution in [0.4, 0.5) is 0 Å². The summed E-state index contributed by atoms with van der Waals surface area (Å²) in [6.45, 7) is 6.63. The number of rotatable bonds is 10. The number of methoxy groups -OCH3 is 1. The second kappa shape index (κ2) is 12.2. The third kappa shape index (κ3) is 6.94. The fourth-order valence-corrected chi connectivity index (χ4v) is 6.99. The summed E-state index contributed by atoms with van der Waals surface area (Å²) < 4.78 is 21.1. The van der Waals surface area contributed by atoms with E-state index in [1.165, 1.54) is 43.7 Å². The molecule has 2 unspecified atom stereocenters. The zero-order valence-electron chi connectivity index (χ0n) is 19.3. The van der Waals surface area contributed by atoms with Gasteiger partial charge >= 0.3 is 0 Å². The maximum Gasteiger partial charge on any atom is 0.251 e. The van der Waals surface area contributed by atoms with E-state index in [1.807, 2.05) is 18.2 Å². The molecule has 2 fully saturated rings. The van der Waals surface area contributed by atoms with Crippen LogP contribution < -0.4 is 15.4 Å². The van der Waals surface area contributed by atoms with Crippen molar-refractivity contribution < 1.29 is 14.1 Å². The van der Waals surface area contributed by atoms with Crippen LogP contribution in [-0.4, -0.2) is 72.1 Å². The van der Waals surface area contributed by atoms with Crippen LogP contribution in [0.25, 0.3) is 0 Å². The molecule has 0 spiro atoms. The predicted octanol–water partition coefficient (Wildman–Crippen LogP) is 2.86. The van der Waals surface area contributed by atoms with Gasteiger partial charge in [0.1, 0.15) is 5.75 Å². The molecule has 1 aromatic carbocycles. The molecule has 2 aliphatic heterocycles. The largest absolute Gasteiger partial charge is 0.592 e. The molecule has 4 rings (SSSR count). The van der Waals surface area contributed by atoms with Crippen molar-refractivity contribution >= 4 is 28.6 Å². The highest BCUT2D eigenvalue weighted by Gasteiger charge is 2.32. The Bertz CT molecular complexity index is 903. The SMILES string of the molecule is COc1cccc(C(=O)NCc2ccc([S+]([O-])N3CCC(NCCN4CCCCC4)C3)s2)c1. The molecule has 2 saturated heterocycles. The van der Waals surface area contributed by atoms with Gasteiger partial charge < -0.3 is 24.8 Å². The third-order valence-corrected chi connectivity index (χ3v) is 9.10. The normalized spacial score (nSPS) is 20.6. The van der Waals surface area contributed by atoms with Crippen LogP contribution in [0.5, 0.6) is 5.75 Å². The number of nitrogens with zero attached hydrogens (tertiary/aromatic N) is 2. The number of carbonyl (C=O) groups excluding carboxylic acids is 1. The molecule has 2 atom stereocenters. The lowest BCUT2D eigenvalue weighted by atomic mass is 10.1. The average Bonchev–Trinajstić information content (AvgIpc) is 3.53. The van der Waals surface area contributed by atoms with Gasteiger partial charge in [-0.3, -0.25) is 4.79 Å². The maximum atomic E-state index is 13.1. The van der Waals surface area contributed by atoms with E-state index in [0.717, 1.165) is 41.7 Å². The number of nitrogens with one attached hydrogen (secondary N) is 2. The number of amides is 1. The van der Waals surface area contributed by atoms with Gasteiger partial charge in [-0.2, -0.15) is 0 Å². The molecule has 1 amide bonds. The second-order valence-corrected chi connectivity index (χ2v) is 11.5. The summed E-state index contributed by atoms with van der Waals surface area (Å²) in [5.41, 5.74) is 0.561. The first-order chi connectivity index (χ1) is 16.1. The van der Waals surface area contributed by atoms with Crippen molar-refractivity contribution in [2.24, 2.45) is 0 Å². The van der Waals surface area contributed by atoms with Crippen LogP contribution in [0.3, 0.4) is 0 Å². The molecular weight excluding hydrogens is 456 g/mol. The monoisotopic (exact) mass is 490 g/mol. The van der Waals surface area contributed by atoms with Crippen molar-refractivity contribution in [1.82, 2.24) is 19.8 Å². The van der Waals surface area contributed by atoms with E-state index in [0.29, 0.717) is 23.9 Å². The molecule has 2 N–H and O–H groups in total. The van der Waals surface area contributed by atoms with Crippen LogP contribution in [0, 0.1) is 0 Å². The molecule has 1 aromatic heterocycles. The first kappa shape index (κ1) is 24.5. The van der Waals surface area contributed by atoms with Gasteiger partial charge in [0.25, 0.3) is 5.91 Å². The molecule has 3 heterocycles. The van der Waals surface area contributed by atoms with E-state index < -0.39 is 11.4 Å². The summed E-state index contributed by atoms with van der Waals surface area (Å²) in [5.74, 6) is 0.504. The Hall–Kier alpha value is -1.62. The summed E-state index contributed by atoms with van der Waals surface area (Å²) in [4.78, 5) is 16.0. The Morgan fingerprint density at radius 2 is 2.06 bits per heavy atom. The number of carbonyl (C=O) groups is 1. The van der Waals surface area contributed by atoms with E-state index >= 15 is 0 Å². The van der Waals surface area contributed by atoms with Crippen LogP contribution >= 0.6 is 11.3 Å². The first-order valence-electron chi connectivity index (χ1n) is 11.8. The van der Waals surface area contributed by atoms with Crippen LogP contribution in [0.1, 0.15) is 40.9 Å². The van der Waals surface area contributed by atoms with Gasteiger partial charge in [-0.05, 0) is 56.6 Å². The summed E-state index contributed by atoms with van der Waals surface area (Å²) in [6, 6.07) is 11.4. The van der Waals surface area contributed by atoms with Crippen LogP contribution in [0.15, 0.2) is 40.6 Å². The topological polar surface area (TPSA) is 79.9 Å². The standard InChI is InChI=1S/C24H34N4O3S2/c1-31-21-7-5-6-19(16-21)24(29)26-17-22-8-9-23(32-22)33(30)28-14-10-20(18-28)25-11-15-27-12-3-2-4-13-27/h5-9,16,20,25H,2-4,10-15,17-18H2,1H3,(H,26,29). The second-order valence-electron chi connectivity index (χ2n) is 8.61. The molecule has 180 valence electrons. The molecule has 0 radical (unpaired) electrons. The number of benzene rings is 1. The number of ether oxygens (including phenoxy) is 1. The Labute approximate surface area is 203 Å². The van der Waals surface area contributed by atoms with Gasteiger partial charge in [-0.1, -0.05) is 23.8 Å². The minimum atomic E-state index is -1.15. The van der Waals surface area contributed by atoms with Crippen molar-refractivity contribution in [2.45, 2.75) is 42.5 Å². The van der Waals surface area contributed by atoms with Crippen molar-refractivity contribution in [3.8, 4) is 5.75 Å². The van der Waals surface area contributed by atoms with Gasteiger partial charge in [-0.25, -0.2) is 0 Å². The van der Waals surface area contributed by atoms with E-state index in [4.69, 9.17) is 4.74 Å². The van der Waals surface area contributed by atoms with Gasteiger partial charge in [0, 0.05) is 42.2 Å². The molecule has 9 heteroatoms. The molecule has 2 aromatic rings. The highest BCUT2D eigenvalue weighted by Crippen LogP contribution is 2.27. The number of hydrogen-bond acceptors (Lipinski definition) is 7. The highest BCUT2D eigenvalue weighted by atomic mass is 32.2. The molecule has 0 bridgehead atoms. The first-order valence-corrected chi connectivity index (χ1v) is 13.7. The quantitative estimate of drug-likeness (QED) is 0.499. The van der Waals surface area contributed by atoms with Crippen molar-refractivity contribution in [3.63, 3.8) is 0 Å². The van der Waals surface area contributed by atoms with Gasteiger partial charge in [0.05, 0.1) is 31.6 Å². The average molecular weight is 491 g/mol. The van der Waals surface area contributed by atoms with E-state index in [1.54, 1.807) is 25.3 Å². The number of thiophene rings is 1. The van der Waals surface area contributed by atoms with Crippen molar-refractivity contribution in [3.05, 3.63) is 46.8 Å². The van der Waals surface area contributed by atoms with E-state index in [9.17, 15) is 9.35 Å². The molecule has 7 nitrogen and oxygen atoms in total. The summed E-state index contributed by atoms with van der Waals surface area (Å²) in [7, 11) is 1.58. The van der Waals surface area contributed by atoms with E-state index in [2.05, 4.69) is 19.8 Å². The summed E-state index contributed by atoms with van der Waals surface area (Å²) >= 11 is 0.351. The predicted molar refractivity (Wildman–Crippen MR) is 133 cm³/mol. The molecule has 0 saturated carbocycles. The minimum Gasteiger partial charge on any atom is -0.592 e. The fraction of sp³-hybridized carbons (Fsp3) is 0.542. The zero-order chi connectivity index (χ0) is 23.0. The van der Waals surface area contributed by atoms with Crippen molar-refractivity contribution in [1.29, 1.82) is 0 Å². The van der Waals surface area contributed by atoms with Gasteiger partial charge in [-0.15, -0.1) is 4.31 Å². The smallest absolute Gasteiger partial charge is 0.251 e. The lowest BCUT2D eigenvalue weighted by Gasteiger charge is -2.27. The lowest BCUT2D eigenvalue weighted by Crippen LogP contribution is -2.40. The Balaban J connectivity index is 1.20. The Morgan fingerprint density at radius 1 is 1.21 bits per heavy atom. The number of hydrogen-bond donors (Lipinski definition) is 2.